The van der Waals surface area contributed by atoms with Crippen LogP contribution in [0.5, 0.6) is 11.5 Å². The molecule has 0 radical (unpaired) electrons. The molecule has 1 saturated heterocycles. The van der Waals surface area contributed by atoms with Crippen LogP contribution in [-0.4, -0.2) is 20.0 Å². The number of hydrogen-bond donors (Lipinski definition) is 0. The molecule has 1 fully saturated rings. The average Bonchev–Trinajstić information content (AvgIpc) is 2.96. The van der Waals surface area contributed by atoms with Gasteiger partial charge < -0.3 is 18.9 Å². The zero-order chi connectivity index (χ0) is 15.9. The third kappa shape index (κ3) is 2.66. The van der Waals surface area contributed by atoms with Crippen LogP contribution in [0.3, 0.4) is 0 Å². The zero-order valence-corrected chi connectivity index (χ0v) is 13.7. The number of fused-ring (bicyclic) bond motifs is 1. The molecule has 2 aromatic rings. The molecule has 0 N–H and O–H groups in total. The minimum atomic E-state index is -0.605. The van der Waals surface area contributed by atoms with Crippen molar-refractivity contribution in [1.82, 2.24) is 0 Å². The third-order valence-corrected chi connectivity index (χ3v) is 4.67. The predicted octanol–water partition coefficient (Wildman–Crippen LogP) is 4.16. The van der Waals surface area contributed by atoms with Crippen molar-refractivity contribution in [1.29, 1.82) is 0 Å². The summed E-state index contributed by atoms with van der Waals surface area (Å²) >= 11 is 12.7. The van der Waals surface area contributed by atoms with Gasteiger partial charge in [-0.25, -0.2) is 0 Å². The summed E-state index contributed by atoms with van der Waals surface area (Å²) in [6.45, 7) is 1.52. The summed E-state index contributed by atoms with van der Waals surface area (Å²) in [5.41, 5.74) is 1.17. The van der Waals surface area contributed by atoms with Gasteiger partial charge in [0.2, 0.25) is 6.79 Å². The Bertz CT molecular complexity index is 723. The first-order chi connectivity index (χ1) is 11.2. The Morgan fingerprint density at radius 1 is 1.00 bits per heavy atom. The topological polar surface area (TPSA) is 36.9 Å². The molecule has 120 valence electrons. The molecular weight excluding hydrogens is 339 g/mol. The van der Waals surface area contributed by atoms with Gasteiger partial charge in [0.05, 0.1) is 19.8 Å². The summed E-state index contributed by atoms with van der Waals surface area (Å²) in [4.78, 5) is 0. The van der Waals surface area contributed by atoms with Crippen LogP contribution < -0.4 is 9.47 Å². The maximum atomic E-state index is 6.33. The molecule has 2 aliphatic heterocycles. The van der Waals surface area contributed by atoms with Crippen molar-refractivity contribution < 1.29 is 18.9 Å². The smallest absolute Gasteiger partial charge is 0.231 e. The lowest BCUT2D eigenvalue weighted by molar-refractivity contribution is -0.222. The lowest BCUT2D eigenvalue weighted by Crippen LogP contribution is -2.49. The van der Waals surface area contributed by atoms with Gasteiger partial charge in [-0.1, -0.05) is 35.3 Å². The van der Waals surface area contributed by atoms with E-state index in [4.69, 9.17) is 42.1 Å². The average molecular weight is 353 g/mol. The van der Waals surface area contributed by atoms with E-state index in [1.54, 1.807) is 0 Å². The van der Waals surface area contributed by atoms with Crippen LogP contribution in [0.4, 0.5) is 0 Å². The summed E-state index contributed by atoms with van der Waals surface area (Å²) in [6, 6.07) is 11.2. The van der Waals surface area contributed by atoms with Gasteiger partial charge in [0.1, 0.15) is 5.60 Å². The summed E-state index contributed by atoms with van der Waals surface area (Å²) in [7, 11) is 0. The molecule has 0 atom stereocenters. The maximum absolute atomic E-state index is 6.33. The van der Waals surface area contributed by atoms with E-state index in [0.29, 0.717) is 29.9 Å². The first-order valence-electron chi connectivity index (χ1n) is 7.23. The fourth-order valence-corrected chi connectivity index (χ4v) is 3.51. The largest absolute Gasteiger partial charge is 0.454 e. The standard InChI is InChI=1S/C17H14Cl2O4/c18-12-2-1-3-13(19)16(12)17(8-20-9-17)23-7-11-4-5-14-15(6-11)22-10-21-14/h1-6H,7-10H2. The molecule has 4 nitrogen and oxygen atoms in total. The van der Waals surface area contributed by atoms with Crippen molar-refractivity contribution in [2.45, 2.75) is 12.2 Å². The number of hydrogen-bond acceptors (Lipinski definition) is 4. The molecule has 0 bridgehead atoms. The number of rotatable bonds is 4. The van der Waals surface area contributed by atoms with E-state index in [2.05, 4.69) is 0 Å². The molecule has 0 spiro atoms. The summed E-state index contributed by atoms with van der Waals surface area (Å²) in [5, 5.41) is 1.18. The molecule has 0 saturated carbocycles. The first-order valence-corrected chi connectivity index (χ1v) is 7.98. The number of benzene rings is 2. The van der Waals surface area contributed by atoms with Crippen LogP contribution in [0.15, 0.2) is 36.4 Å². The maximum Gasteiger partial charge on any atom is 0.231 e. The van der Waals surface area contributed by atoms with Crippen LogP contribution in [0, 0.1) is 0 Å². The van der Waals surface area contributed by atoms with Crippen LogP contribution in [0.25, 0.3) is 0 Å². The highest BCUT2D eigenvalue weighted by atomic mass is 35.5. The van der Waals surface area contributed by atoms with Gasteiger partial charge in [0, 0.05) is 15.6 Å². The molecule has 2 heterocycles. The van der Waals surface area contributed by atoms with Gasteiger partial charge in [-0.15, -0.1) is 0 Å². The quantitative estimate of drug-likeness (QED) is 0.827. The highest BCUT2D eigenvalue weighted by Crippen LogP contribution is 2.42. The molecule has 0 aromatic heterocycles. The van der Waals surface area contributed by atoms with Gasteiger partial charge in [0.15, 0.2) is 11.5 Å². The van der Waals surface area contributed by atoms with Gasteiger partial charge in [0.25, 0.3) is 0 Å². The van der Waals surface area contributed by atoms with Crippen LogP contribution >= 0.6 is 23.2 Å². The van der Waals surface area contributed by atoms with Crippen LogP contribution in [-0.2, 0) is 21.7 Å². The Hall–Kier alpha value is -1.46. The molecule has 2 aliphatic rings. The van der Waals surface area contributed by atoms with E-state index in [9.17, 15) is 0 Å². The van der Waals surface area contributed by atoms with Crippen molar-refractivity contribution in [2.24, 2.45) is 0 Å². The van der Waals surface area contributed by atoms with Gasteiger partial charge >= 0.3 is 0 Å². The summed E-state index contributed by atoms with van der Waals surface area (Å²) < 4.78 is 22.3. The molecule has 2 aromatic carbocycles. The van der Waals surface area contributed by atoms with Crippen molar-refractivity contribution in [3.05, 3.63) is 57.6 Å². The number of halogens is 2. The van der Waals surface area contributed by atoms with E-state index < -0.39 is 5.60 Å². The minimum absolute atomic E-state index is 0.257. The van der Waals surface area contributed by atoms with Crippen molar-refractivity contribution in [3.63, 3.8) is 0 Å². The SMILES string of the molecule is Clc1cccc(Cl)c1C1(OCc2ccc3c(c2)OCO3)COC1. The van der Waals surface area contributed by atoms with Gasteiger partial charge in [-0.3, -0.25) is 0 Å². The molecular formula is C17H14Cl2O4. The lowest BCUT2D eigenvalue weighted by Gasteiger charge is -2.42. The monoisotopic (exact) mass is 352 g/mol. The normalized spacial score (nSPS) is 17.8. The number of ether oxygens (including phenoxy) is 4. The minimum Gasteiger partial charge on any atom is -0.454 e. The van der Waals surface area contributed by atoms with Crippen molar-refractivity contribution in [2.75, 3.05) is 20.0 Å². The second-order valence-corrected chi connectivity index (χ2v) is 6.37. The second kappa shape index (κ2) is 5.87. The van der Waals surface area contributed by atoms with Gasteiger partial charge in [-0.2, -0.15) is 0 Å². The molecule has 0 unspecified atom stereocenters. The van der Waals surface area contributed by atoms with E-state index in [1.807, 2.05) is 36.4 Å². The first kappa shape index (κ1) is 15.1. The Labute approximate surface area is 143 Å². The second-order valence-electron chi connectivity index (χ2n) is 5.56. The Morgan fingerprint density at radius 2 is 1.74 bits per heavy atom. The van der Waals surface area contributed by atoms with E-state index in [1.165, 1.54) is 0 Å². The molecule has 0 amide bonds. The lowest BCUT2D eigenvalue weighted by atomic mass is 9.91. The molecule has 0 aliphatic carbocycles. The van der Waals surface area contributed by atoms with E-state index in [-0.39, 0.29) is 6.79 Å². The zero-order valence-electron chi connectivity index (χ0n) is 12.2. The van der Waals surface area contributed by atoms with Crippen LogP contribution in [0.2, 0.25) is 10.0 Å². The highest BCUT2D eigenvalue weighted by molar-refractivity contribution is 6.36. The molecule has 6 heteroatoms. The Kier molecular flexibility index (Phi) is 3.85. The van der Waals surface area contributed by atoms with Crippen molar-refractivity contribution >= 4 is 23.2 Å². The van der Waals surface area contributed by atoms with E-state index in [0.717, 1.165) is 22.6 Å². The Morgan fingerprint density at radius 3 is 2.43 bits per heavy atom. The van der Waals surface area contributed by atoms with Gasteiger partial charge in [-0.05, 0) is 29.8 Å². The fraction of sp³-hybridized carbons (Fsp3) is 0.294. The van der Waals surface area contributed by atoms with Crippen molar-refractivity contribution in [3.8, 4) is 11.5 Å². The third-order valence-electron chi connectivity index (χ3n) is 4.04. The summed E-state index contributed by atoms with van der Waals surface area (Å²) in [6.07, 6.45) is 0. The fourth-order valence-electron chi connectivity index (χ4n) is 2.77. The molecule has 23 heavy (non-hydrogen) atoms. The summed E-state index contributed by atoms with van der Waals surface area (Å²) in [5.74, 6) is 1.49. The Balaban J connectivity index is 1.57. The van der Waals surface area contributed by atoms with Crippen LogP contribution in [0.1, 0.15) is 11.1 Å². The predicted molar refractivity (Wildman–Crippen MR) is 86.3 cm³/mol. The molecule has 4 rings (SSSR count). The highest BCUT2D eigenvalue weighted by Gasteiger charge is 2.44. The van der Waals surface area contributed by atoms with E-state index >= 15 is 0 Å².